The number of aryl methyl sites for hydroxylation is 1. The molecule has 0 saturated carbocycles. The average Bonchev–Trinajstić information content (AvgIpc) is 3.39. The van der Waals surface area contributed by atoms with E-state index in [-0.39, 0.29) is 42.6 Å². The number of benzene rings is 2. The van der Waals surface area contributed by atoms with Crippen molar-refractivity contribution in [3.05, 3.63) is 53.1 Å². The second-order valence-electron chi connectivity index (χ2n) is 10.3. The van der Waals surface area contributed by atoms with Gasteiger partial charge in [0.05, 0.1) is 35.7 Å². The molecule has 0 bridgehead atoms. The first-order chi connectivity index (χ1) is 21.3. The van der Waals surface area contributed by atoms with Crippen LogP contribution >= 0.6 is 11.6 Å². The van der Waals surface area contributed by atoms with Crippen molar-refractivity contribution in [2.75, 3.05) is 30.2 Å². The Morgan fingerprint density at radius 3 is 2.44 bits per heavy atom. The zero-order valence-electron chi connectivity index (χ0n) is 25.0. The molecule has 3 unspecified atom stereocenters. The number of likely N-dealkylation sites (tertiary alicyclic amines) is 1. The summed E-state index contributed by atoms with van der Waals surface area (Å²) in [7, 11) is -4.38. The molecule has 0 radical (unpaired) electrons. The zero-order chi connectivity index (χ0) is 33.3. The molecule has 1 saturated heterocycles. The van der Waals surface area contributed by atoms with Gasteiger partial charge in [-0.15, -0.1) is 0 Å². The van der Waals surface area contributed by atoms with Crippen molar-refractivity contribution in [2.24, 2.45) is 0 Å². The molecule has 17 heteroatoms. The molecule has 0 aromatic heterocycles. The third-order valence-corrected chi connectivity index (χ3v) is 9.39. The van der Waals surface area contributed by atoms with Crippen molar-refractivity contribution in [3.8, 4) is 0 Å². The summed E-state index contributed by atoms with van der Waals surface area (Å²) in [6, 6.07) is 7.79. The minimum Gasteiger partial charge on any atom is -0.465 e. The van der Waals surface area contributed by atoms with E-state index in [1.165, 1.54) is 4.90 Å². The normalized spacial score (nSPS) is 18.6. The van der Waals surface area contributed by atoms with Gasteiger partial charge in [-0.1, -0.05) is 41.9 Å². The first kappa shape index (κ1) is 36.2. The van der Waals surface area contributed by atoms with E-state index in [1.807, 2.05) is 30.3 Å². The molecule has 3 rings (SSSR count). The van der Waals surface area contributed by atoms with Crippen molar-refractivity contribution in [3.63, 3.8) is 0 Å². The zero-order valence-corrected chi connectivity index (χ0v) is 27.4. The number of sulfonamides is 1. The van der Waals surface area contributed by atoms with Gasteiger partial charge in [0.25, 0.3) is 11.3 Å². The molecular formula is C28H38ClN5O9S2. The topological polar surface area (TPSA) is 206 Å². The molecule has 1 aliphatic rings. The van der Waals surface area contributed by atoms with Crippen LogP contribution in [0.3, 0.4) is 0 Å². The quantitative estimate of drug-likeness (QED) is 0.104. The van der Waals surface area contributed by atoms with Crippen LogP contribution in [0.5, 0.6) is 0 Å². The highest BCUT2D eigenvalue weighted by atomic mass is 35.5. The smallest absolute Gasteiger partial charge is 0.328 e. The van der Waals surface area contributed by atoms with E-state index in [2.05, 4.69) is 14.8 Å². The summed E-state index contributed by atoms with van der Waals surface area (Å²) in [6.45, 7) is 4.82. The van der Waals surface area contributed by atoms with Crippen LogP contribution in [0.25, 0.3) is 0 Å². The lowest BCUT2D eigenvalue weighted by atomic mass is 10.0. The number of hydrogen-bond donors (Lipinski definition) is 5. The van der Waals surface area contributed by atoms with E-state index in [4.69, 9.17) is 31.4 Å². The van der Waals surface area contributed by atoms with E-state index in [0.29, 0.717) is 12.8 Å². The van der Waals surface area contributed by atoms with E-state index >= 15 is 0 Å². The second-order valence-corrected chi connectivity index (χ2v) is 13.0. The number of amides is 1. The molecule has 45 heavy (non-hydrogen) atoms. The summed E-state index contributed by atoms with van der Waals surface area (Å²) in [4.78, 5) is 40.1. The predicted octanol–water partition coefficient (Wildman–Crippen LogP) is 1.82. The number of nitrogens with zero attached hydrogens (tertiary/aromatic N) is 1. The number of halogens is 1. The molecule has 2 aromatic carbocycles. The van der Waals surface area contributed by atoms with Crippen molar-refractivity contribution in [1.29, 1.82) is 0 Å². The highest BCUT2D eigenvalue weighted by Crippen LogP contribution is 2.32. The summed E-state index contributed by atoms with van der Waals surface area (Å²) in [6.07, 6.45) is 0.772. The molecule has 0 spiro atoms. The summed E-state index contributed by atoms with van der Waals surface area (Å²) in [5.41, 5.74) is 6.58. The fourth-order valence-electron chi connectivity index (χ4n) is 4.96. The van der Waals surface area contributed by atoms with Crippen molar-refractivity contribution in [2.45, 2.75) is 69.1 Å². The highest BCUT2D eigenvalue weighted by molar-refractivity contribution is 7.89. The first-order valence-electron chi connectivity index (χ1n) is 14.2. The SMILES string of the molecule is CCOC(=O)[C@H](CCc1ccccc1)NC(C)C(=O)N1CC(NS(=O)(=O)c2cc(NS(=O)O)c(N)cc2Cl)C[C@H]1C(=O)OCC. The van der Waals surface area contributed by atoms with Gasteiger partial charge in [0.2, 0.25) is 15.9 Å². The van der Waals surface area contributed by atoms with Crippen LogP contribution in [0, 0.1) is 0 Å². The lowest BCUT2D eigenvalue weighted by molar-refractivity contribution is -0.154. The number of nitrogens with one attached hydrogen (secondary N) is 3. The Kier molecular flexibility index (Phi) is 13.1. The Morgan fingerprint density at radius 1 is 1.16 bits per heavy atom. The molecular weight excluding hydrogens is 650 g/mol. The number of rotatable bonds is 15. The fourth-order valence-corrected chi connectivity index (χ4v) is 7.12. The molecule has 248 valence electrons. The Bertz CT molecular complexity index is 1500. The Hall–Kier alpha value is -3.28. The monoisotopic (exact) mass is 687 g/mol. The molecule has 1 aliphatic heterocycles. The number of carbonyl (C=O) groups is 3. The number of nitrogen functional groups attached to an aromatic ring is 1. The van der Waals surface area contributed by atoms with Gasteiger partial charge < -0.3 is 20.1 Å². The number of anilines is 2. The van der Waals surface area contributed by atoms with Gasteiger partial charge >= 0.3 is 11.9 Å². The lowest BCUT2D eigenvalue weighted by Gasteiger charge is -2.28. The number of hydrogen-bond acceptors (Lipinski definition) is 10. The minimum absolute atomic E-state index is 0.0367. The number of nitrogens with two attached hydrogens (primary N) is 1. The molecule has 5 atom stereocenters. The minimum atomic E-state index is -4.38. The van der Waals surface area contributed by atoms with Crippen molar-refractivity contribution in [1.82, 2.24) is 14.9 Å². The van der Waals surface area contributed by atoms with Gasteiger partial charge in [0, 0.05) is 12.6 Å². The number of ether oxygens (including phenoxy) is 2. The second kappa shape index (κ2) is 16.3. The maximum atomic E-state index is 13.7. The fraction of sp³-hybridized carbons (Fsp3) is 0.464. The molecule has 2 aromatic rings. The van der Waals surface area contributed by atoms with Crippen molar-refractivity contribution < 1.29 is 41.0 Å². The highest BCUT2D eigenvalue weighted by Gasteiger charge is 2.43. The average molecular weight is 688 g/mol. The van der Waals surface area contributed by atoms with Gasteiger partial charge in [0.1, 0.15) is 17.0 Å². The van der Waals surface area contributed by atoms with Gasteiger partial charge in [-0.3, -0.25) is 24.2 Å². The molecule has 1 fully saturated rings. The van der Waals surface area contributed by atoms with E-state index in [9.17, 15) is 27.0 Å². The largest absolute Gasteiger partial charge is 0.465 e. The summed E-state index contributed by atoms with van der Waals surface area (Å²) < 4.78 is 62.1. The Morgan fingerprint density at radius 2 is 1.82 bits per heavy atom. The Balaban J connectivity index is 1.80. The molecule has 1 heterocycles. The van der Waals surface area contributed by atoms with Crippen molar-refractivity contribution >= 4 is 62.1 Å². The number of carbonyl (C=O) groups excluding carboxylic acids is 3. The third kappa shape index (κ3) is 9.85. The number of esters is 2. The van der Waals surface area contributed by atoms with Crippen LogP contribution in [-0.4, -0.2) is 83.9 Å². The van der Waals surface area contributed by atoms with Crippen LogP contribution in [0.4, 0.5) is 11.4 Å². The van der Waals surface area contributed by atoms with Gasteiger partial charge in [-0.2, -0.15) is 0 Å². The first-order valence-corrected chi connectivity index (χ1v) is 17.2. The van der Waals surface area contributed by atoms with E-state index < -0.39 is 68.2 Å². The third-order valence-electron chi connectivity index (χ3n) is 7.01. The van der Waals surface area contributed by atoms with E-state index in [1.54, 1.807) is 20.8 Å². The van der Waals surface area contributed by atoms with Gasteiger partial charge in [-0.25, -0.2) is 22.1 Å². The summed E-state index contributed by atoms with van der Waals surface area (Å²) in [5, 5.41) is 2.78. The van der Waals surface area contributed by atoms with Crippen LogP contribution in [0.15, 0.2) is 47.4 Å². The molecule has 6 N–H and O–H groups in total. The standard InChI is InChI=1S/C28H38ClN5O9S2/c1-4-42-27(36)22(12-11-18-9-7-6-8-10-18)31-17(3)26(35)34-16-19(13-24(34)28(37)43-5-2)33-45(40,41)25-15-23(32-44(38)39)21(30)14-20(25)29/h6-10,14-15,17,19,22,24,31-33H,4-5,11-13,16,30H2,1-3H3,(H,38,39)/t17?,19?,22-,24-/m0/s1. The Labute approximate surface area is 269 Å². The van der Waals surface area contributed by atoms with Crippen LogP contribution in [0.1, 0.15) is 39.2 Å². The summed E-state index contributed by atoms with van der Waals surface area (Å²) in [5.74, 6) is -1.79. The predicted molar refractivity (Wildman–Crippen MR) is 169 cm³/mol. The van der Waals surface area contributed by atoms with Gasteiger partial charge in [0.15, 0.2) is 0 Å². The van der Waals surface area contributed by atoms with Crippen LogP contribution in [-0.2, 0) is 51.6 Å². The lowest BCUT2D eigenvalue weighted by Crippen LogP contribution is -2.53. The summed E-state index contributed by atoms with van der Waals surface area (Å²) >= 11 is 3.62. The maximum absolute atomic E-state index is 13.7. The van der Waals surface area contributed by atoms with Crippen LogP contribution in [0.2, 0.25) is 5.02 Å². The van der Waals surface area contributed by atoms with Crippen LogP contribution < -0.4 is 20.5 Å². The maximum Gasteiger partial charge on any atom is 0.328 e. The molecule has 1 amide bonds. The molecule has 14 nitrogen and oxygen atoms in total. The van der Waals surface area contributed by atoms with E-state index in [0.717, 1.165) is 17.7 Å². The molecule has 0 aliphatic carbocycles. The van der Waals surface area contributed by atoms with Gasteiger partial charge in [-0.05, 0) is 57.7 Å².